The quantitative estimate of drug-likeness (QED) is 0.0440. The van der Waals surface area contributed by atoms with Crippen LogP contribution in [0.25, 0.3) is 0 Å². The Bertz CT molecular complexity index is 691. The fourth-order valence-electron chi connectivity index (χ4n) is 9.85. The molecule has 0 saturated heterocycles. The summed E-state index contributed by atoms with van der Waals surface area (Å²) in [6.07, 6.45) is 63.9. The van der Waals surface area contributed by atoms with Crippen LogP contribution in [-0.2, 0) is 0 Å². The Kier molecular flexibility index (Phi) is 60.9. The van der Waals surface area contributed by atoms with Crippen molar-refractivity contribution < 1.29 is 4.48 Å². The van der Waals surface area contributed by atoms with Crippen LogP contribution < -0.4 is 0 Å². The van der Waals surface area contributed by atoms with Crippen LogP contribution in [0.3, 0.4) is 0 Å². The van der Waals surface area contributed by atoms with E-state index in [0.717, 1.165) is 0 Å². The Morgan fingerprint density at radius 3 is 0.477 bits per heavy atom. The van der Waals surface area contributed by atoms with Crippen molar-refractivity contribution in [3.8, 4) is 0 Å². The molecule has 0 unspecified atom stereocenters. The molecule has 0 aliphatic rings. The van der Waals surface area contributed by atoms with Gasteiger partial charge in [0.05, 0.1) is 26.2 Å². The topological polar surface area (TPSA) is 0 Å². The minimum atomic E-state index is 1.37. The molecule has 0 aliphatic carbocycles. The summed E-state index contributed by atoms with van der Waals surface area (Å²) in [6.45, 7) is 15.1. The SMILES string of the molecule is CCCCCCCCCCCCSCCC[N+](CCCSCCCCCCCCCCCC)(CCCSCCCCCCCCCCCC)CCCSCCCCCCCCCCCC. The Labute approximate surface area is 431 Å². The largest absolute Gasteiger partial charge is 0.324 e. The van der Waals surface area contributed by atoms with Gasteiger partial charge in [-0.2, -0.15) is 47.0 Å². The Hall–Kier alpha value is 1.36. The lowest BCUT2D eigenvalue weighted by molar-refractivity contribution is -0.928. The molecule has 5 heteroatoms. The van der Waals surface area contributed by atoms with Gasteiger partial charge in [-0.1, -0.05) is 259 Å². The average molecular weight is 988 g/mol. The molecule has 0 radical (unpaired) electrons. The summed E-state index contributed by atoms with van der Waals surface area (Å²) in [5.41, 5.74) is 0. The first-order valence-corrected chi connectivity index (χ1v) is 35.0. The minimum Gasteiger partial charge on any atom is -0.324 e. The summed E-state index contributed by atoms with van der Waals surface area (Å²) in [6, 6.07) is 0. The summed E-state index contributed by atoms with van der Waals surface area (Å²) in [4.78, 5) is 0. The van der Waals surface area contributed by atoms with Gasteiger partial charge in [0.25, 0.3) is 0 Å². The zero-order chi connectivity index (χ0) is 46.9. The first-order valence-electron chi connectivity index (χ1n) is 30.4. The molecule has 0 aromatic heterocycles. The molecule has 0 N–H and O–H groups in total. The van der Waals surface area contributed by atoms with E-state index in [2.05, 4.69) is 74.7 Å². The number of unbranched alkanes of at least 4 members (excludes halogenated alkanes) is 36. The normalized spacial score (nSPS) is 12.0. The molecular weight excluding hydrogens is 863 g/mol. The monoisotopic (exact) mass is 987 g/mol. The van der Waals surface area contributed by atoms with Crippen molar-refractivity contribution >= 4 is 47.0 Å². The van der Waals surface area contributed by atoms with Gasteiger partial charge in [0.1, 0.15) is 0 Å². The molecule has 0 heterocycles. The van der Waals surface area contributed by atoms with Crippen molar-refractivity contribution in [2.24, 2.45) is 0 Å². The smallest absolute Gasteiger partial charge is 0.0794 e. The average Bonchev–Trinajstić information content (AvgIpc) is 3.32. The molecule has 0 atom stereocenters. The van der Waals surface area contributed by atoms with Crippen molar-refractivity contribution in [2.45, 2.75) is 310 Å². The zero-order valence-electron chi connectivity index (χ0n) is 45.7. The van der Waals surface area contributed by atoms with E-state index in [1.165, 1.54) is 359 Å². The third kappa shape index (κ3) is 54.5. The molecule has 0 aromatic rings. The third-order valence-corrected chi connectivity index (χ3v) is 18.9. The van der Waals surface area contributed by atoms with Crippen LogP contribution in [0.2, 0.25) is 0 Å². The Balaban J connectivity index is 4.94. The highest BCUT2D eigenvalue weighted by atomic mass is 32.2. The molecule has 0 aliphatic heterocycles. The third-order valence-electron chi connectivity index (χ3n) is 14.3. The van der Waals surface area contributed by atoms with Gasteiger partial charge in [0.2, 0.25) is 0 Å². The summed E-state index contributed by atoms with van der Waals surface area (Å²) < 4.78 is 1.44. The zero-order valence-corrected chi connectivity index (χ0v) is 48.9. The molecule has 0 amide bonds. The molecule has 0 saturated carbocycles. The van der Waals surface area contributed by atoms with Crippen molar-refractivity contribution in [1.29, 1.82) is 0 Å². The highest BCUT2D eigenvalue weighted by molar-refractivity contribution is 7.99. The first kappa shape index (κ1) is 66.4. The van der Waals surface area contributed by atoms with E-state index >= 15 is 0 Å². The van der Waals surface area contributed by atoms with Crippen LogP contribution in [0.15, 0.2) is 0 Å². The van der Waals surface area contributed by atoms with Crippen molar-refractivity contribution in [1.82, 2.24) is 0 Å². The number of quaternary nitrogens is 1. The lowest BCUT2D eigenvalue weighted by Crippen LogP contribution is -2.51. The number of thioether (sulfide) groups is 4. The van der Waals surface area contributed by atoms with E-state index in [9.17, 15) is 0 Å². The summed E-state index contributed by atoms with van der Waals surface area (Å²) in [5, 5.41) is 0. The second kappa shape index (κ2) is 59.7. The van der Waals surface area contributed by atoms with Crippen molar-refractivity contribution in [2.75, 3.05) is 72.2 Å². The highest BCUT2D eigenvalue weighted by Crippen LogP contribution is 2.22. The predicted molar refractivity (Wildman–Crippen MR) is 315 cm³/mol. The second-order valence-corrected chi connectivity index (χ2v) is 25.7. The van der Waals surface area contributed by atoms with Crippen molar-refractivity contribution in [3.05, 3.63) is 0 Å². The van der Waals surface area contributed by atoms with Crippen molar-refractivity contribution in [3.63, 3.8) is 0 Å². The van der Waals surface area contributed by atoms with E-state index in [-0.39, 0.29) is 0 Å². The van der Waals surface area contributed by atoms with Crippen LogP contribution in [0, 0.1) is 0 Å². The standard InChI is InChI=1S/C60H124NS4/c1-5-9-13-17-21-25-29-33-37-41-53-62-57-45-49-61(50-46-58-63-54-42-38-34-30-26-22-18-14-10-6-2,51-47-59-64-55-43-39-35-31-27-23-19-15-11-7-3)52-48-60-65-56-44-40-36-32-28-24-20-16-12-8-4/h5-60H2,1-4H3/q+1. The number of nitrogens with zero attached hydrogens (tertiary/aromatic N) is 1. The number of hydrogen-bond acceptors (Lipinski definition) is 4. The maximum absolute atomic E-state index is 2.33. The number of hydrogen-bond donors (Lipinski definition) is 0. The van der Waals surface area contributed by atoms with Gasteiger partial charge in [0.15, 0.2) is 0 Å². The molecule has 0 spiro atoms. The lowest BCUT2D eigenvalue weighted by Gasteiger charge is -2.39. The molecule has 65 heavy (non-hydrogen) atoms. The van der Waals surface area contributed by atoms with Gasteiger partial charge in [-0.15, -0.1) is 0 Å². The van der Waals surface area contributed by atoms with Gasteiger partial charge in [0, 0.05) is 25.7 Å². The van der Waals surface area contributed by atoms with E-state index < -0.39 is 0 Å². The predicted octanol–water partition coefficient (Wildman–Crippen LogP) is 22.0. The molecule has 0 fully saturated rings. The summed E-state index contributed by atoms with van der Waals surface area (Å²) >= 11 is 9.18. The van der Waals surface area contributed by atoms with Crippen LogP contribution in [-0.4, -0.2) is 76.7 Å². The maximum Gasteiger partial charge on any atom is 0.0794 e. The van der Waals surface area contributed by atoms with Crippen LogP contribution in [0.4, 0.5) is 0 Å². The van der Waals surface area contributed by atoms with E-state index in [1.807, 2.05) is 0 Å². The van der Waals surface area contributed by atoms with Crippen LogP contribution in [0.5, 0.6) is 0 Å². The van der Waals surface area contributed by atoms with Crippen LogP contribution in [0.1, 0.15) is 310 Å². The molecule has 0 rings (SSSR count). The summed E-state index contributed by atoms with van der Waals surface area (Å²) in [5.74, 6) is 11.2. The fourth-order valence-corrected chi connectivity index (χ4v) is 13.6. The van der Waals surface area contributed by atoms with E-state index in [1.54, 1.807) is 0 Å². The second-order valence-electron chi connectivity index (χ2n) is 20.8. The number of rotatable bonds is 60. The first-order chi connectivity index (χ1) is 32.2. The molecular formula is C60H124NS4+. The molecule has 1 nitrogen and oxygen atoms in total. The minimum absolute atomic E-state index is 1.37. The fraction of sp³-hybridized carbons (Fsp3) is 1.00. The maximum atomic E-state index is 2.33. The molecule has 0 bridgehead atoms. The molecule has 392 valence electrons. The summed E-state index contributed by atoms with van der Waals surface area (Å²) in [7, 11) is 0. The van der Waals surface area contributed by atoms with Gasteiger partial charge >= 0.3 is 0 Å². The van der Waals surface area contributed by atoms with Gasteiger partial charge in [-0.3, -0.25) is 0 Å². The van der Waals surface area contributed by atoms with Crippen LogP contribution >= 0.6 is 47.0 Å². The molecule has 0 aromatic carbocycles. The highest BCUT2D eigenvalue weighted by Gasteiger charge is 2.26. The van der Waals surface area contributed by atoms with Gasteiger partial charge < -0.3 is 4.48 Å². The lowest BCUT2D eigenvalue weighted by atomic mass is 10.1. The Morgan fingerprint density at radius 2 is 0.308 bits per heavy atom. The Morgan fingerprint density at radius 1 is 0.169 bits per heavy atom. The van der Waals surface area contributed by atoms with E-state index in [0.29, 0.717) is 0 Å². The van der Waals surface area contributed by atoms with Gasteiger partial charge in [-0.05, 0) is 71.7 Å². The van der Waals surface area contributed by atoms with Gasteiger partial charge in [-0.25, -0.2) is 0 Å². The van der Waals surface area contributed by atoms with E-state index in [4.69, 9.17) is 0 Å².